The van der Waals surface area contributed by atoms with E-state index in [0.717, 1.165) is 0 Å². The van der Waals surface area contributed by atoms with Gasteiger partial charge in [0.05, 0.1) is 12.4 Å². The van der Waals surface area contributed by atoms with Gasteiger partial charge in [0.15, 0.2) is 0 Å². The van der Waals surface area contributed by atoms with E-state index in [1.807, 2.05) is 6.92 Å². The van der Waals surface area contributed by atoms with Crippen molar-refractivity contribution >= 4 is 15.8 Å². The first-order valence-corrected chi connectivity index (χ1v) is 7.16. The summed E-state index contributed by atoms with van der Waals surface area (Å²) < 4.78 is 30.1. The first-order chi connectivity index (χ1) is 7.47. The van der Waals surface area contributed by atoms with Crippen LogP contribution in [0.5, 0.6) is 0 Å². The Hall–Kier alpha value is -0.460. The third-order valence-electron chi connectivity index (χ3n) is 2.72. The first-order valence-electron chi connectivity index (χ1n) is 5.55. The molecule has 16 heavy (non-hydrogen) atoms. The Labute approximate surface area is 96.8 Å². The minimum absolute atomic E-state index is 0.00174. The number of carbonyl (C=O) groups is 1. The highest BCUT2D eigenvalue weighted by Gasteiger charge is 2.30. The number of rotatable bonds is 5. The fourth-order valence-corrected chi connectivity index (χ4v) is 3.08. The highest BCUT2D eigenvalue weighted by molar-refractivity contribution is 7.89. The molecule has 1 aliphatic heterocycles. The quantitative estimate of drug-likeness (QED) is 0.656. The third kappa shape index (κ3) is 3.54. The lowest BCUT2D eigenvalue weighted by Crippen LogP contribution is -2.44. The maximum atomic E-state index is 11.8. The van der Waals surface area contributed by atoms with Crippen molar-refractivity contribution in [2.45, 2.75) is 20.3 Å². The molecule has 0 N–H and O–H groups in total. The molecule has 1 aliphatic rings. The molecular formula is C10H19NO4S. The summed E-state index contributed by atoms with van der Waals surface area (Å²) in [4.78, 5) is 11.3. The van der Waals surface area contributed by atoms with Gasteiger partial charge in [-0.3, -0.25) is 4.79 Å². The van der Waals surface area contributed by atoms with Crippen LogP contribution in [-0.4, -0.2) is 50.6 Å². The van der Waals surface area contributed by atoms with Gasteiger partial charge in [0.1, 0.15) is 5.78 Å². The second-order valence-electron chi connectivity index (χ2n) is 3.99. The van der Waals surface area contributed by atoms with Crippen molar-refractivity contribution in [1.29, 1.82) is 0 Å². The molecule has 1 unspecified atom stereocenters. The zero-order chi connectivity index (χ0) is 12.2. The second-order valence-corrected chi connectivity index (χ2v) is 6.08. The van der Waals surface area contributed by atoms with Crippen molar-refractivity contribution in [2.24, 2.45) is 5.92 Å². The highest BCUT2D eigenvalue weighted by Crippen LogP contribution is 2.15. The molecule has 0 spiro atoms. The zero-order valence-electron chi connectivity index (χ0n) is 9.81. The minimum atomic E-state index is -3.26. The molecule has 0 radical (unpaired) electrons. The van der Waals surface area contributed by atoms with Crippen LogP contribution in [0, 0.1) is 5.92 Å². The summed E-state index contributed by atoms with van der Waals surface area (Å²) in [5.74, 6) is -0.0336. The summed E-state index contributed by atoms with van der Waals surface area (Å²) in [6.45, 7) is 4.97. The van der Waals surface area contributed by atoms with Gasteiger partial charge in [-0.05, 0) is 6.92 Å². The van der Waals surface area contributed by atoms with E-state index in [0.29, 0.717) is 26.1 Å². The topological polar surface area (TPSA) is 63.7 Å². The summed E-state index contributed by atoms with van der Waals surface area (Å²) in [6, 6.07) is 0. The lowest BCUT2D eigenvalue weighted by Gasteiger charge is -2.29. The Bertz CT molecular complexity index is 339. The molecule has 94 valence electrons. The molecule has 1 fully saturated rings. The molecule has 6 heteroatoms. The lowest BCUT2D eigenvalue weighted by molar-refractivity contribution is -0.124. The molecule has 5 nitrogen and oxygen atoms in total. The maximum absolute atomic E-state index is 11.8. The molecule has 0 aromatic carbocycles. The van der Waals surface area contributed by atoms with Crippen molar-refractivity contribution in [3.63, 3.8) is 0 Å². The van der Waals surface area contributed by atoms with Crippen molar-refractivity contribution in [3.05, 3.63) is 0 Å². The minimum Gasteiger partial charge on any atom is -0.381 e. The van der Waals surface area contributed by atoms with Crippen molar-refractivity contribution < 1.29 is 17.9 Å². The number of carbonyl (C=O) groups excluding carboxylic acids is 1. The molecule has 0 saturated carbocycles. The van der Waals surface area contributed by atoms with Gasteiger partial charge in [-0.1, -0.05) is 6.92 Å². The lowest BCUT2D eigenvalue weighted by atomic mass is 10.0. The molecule has 1 saturated heterocycles. The van der Waals surface area contributed by atoms with E-state index in [2.05, 4.69) is 0 Å². The molecule has 0 aromatic rings. The van der Waals surface area contributed by atoms with Crippen LogP contribution in [-0.2, 0) is 19.6 Å². The first kappa shape index (κ1) is 13.6. The van der Waals surface area contributed by atoms with Gasteiger partial charge in [-0.25, -0.2) is 12.7 Å². The summed E-state index contributed by atoms with van der Waals surface area (Å²) in [7, 11) is -3.26. The average molecular weight is 249 g/mol. The van der Waals surface area contributed by atoms with E-state index in [4.69, 9.17) is 4.74 Å². The van der Waals surface area contributed by atoms with E-state index in [-0.39, 0.29) is 24.1 Å². The van der Waals surface area contributed by atoms with Gasteiger partial charge < -0.3 is 4.74 Å². The summed E-state index contributed by atoms with van der Waals surface area (Å²) >= 11 is 0. The highest BCUT2D eigenvalue weighted by atomic mass is 32.2. The van der Waals surface area contributed by atoms with E-state index >= 15 is 0 Å². The monoisotopic (exact) mass is 249 g/mol. The molecule has 1 rings (SSSR count). The SMILES string of the molecule is CCOCCS(=O)(=O)N1CCC(=O)C(C)C1. The van der Waals surface area contributed by atoms with Crippen LogP contribution < -0.4 is 0 Å². The fraction of sp³-hybridized carbons (Fsp3) is 0.900. The molecule has 0 aromatic heterocycles. The molecule has 0 bridgehead atoms. The van der Waals surface area contributed by atoms with Crippen LogP contribution in [0.1, 0.15) is 20.3 Å². The van der Waals surface area contributed by atoms with Crippen molar-refractivity contribution in [3.8, 4) is 0 Å². The van der Waals surface area contributed by atoms with Gasteiger partial charge in [0.2, 0.25) is 10.0 Å². The molecule has 0 amide bonds. The van der Waals surface area contributed by atoms with Gasteiger partial charge in [0.25, 0.3) is 0 Å². The van der Waals surface area contributed by atoms with Crippen LogP contribution in [0.25, 0.3) is 0 Å². The number of ketones is 1. The number of Topliss-reactive ketones (excluding diaryl/α,β-unsaturated/α-hetero) is 1. The molecule has 1 heterocycles. The molecule has 1 atom stereocenters. The van der Waals surface area contributed by atoms with E-state index in [1.165, 1.54) is 4.31 Å². The predicted octanol–water partition coefficient (Wildman–Crippen LogP) is 0.264. The number of ether oxygens (including phenoxy) is 1. The van der Waals surface area contributed by atoms with Crippen molar-refractivity contribution in [1.82, 2.24) is 4.31 Å². The number of sulfonamides is 1. The Morgan fingerprint density at radius 3 is 2.75 bits per heavy atom. The molecule has 0 aliphatic carbocycles. The third-order valence-corrected chi connectivity index (χ3v) is 4.52. The van der Waals surface area contributed by atoms with E-state index in [9.17, 15) is 13.2 Å². The van der Waals surface area contributed by atoms with Crippen LogP contribution in [0.3, 0.4) is 0 Å². The van der Waals surface area contributed by atoms with Crippen LogP contribution in [0.4, 0.5) is 0 Å². The average Bonchev–Trinajstić information content (AvgIpc) is 2.22. The predicted molar refractivity (Wildman–Crippen MR) is 60.6 cm³/mol. The van der Waals surface area contributed by atoms with Crippen LogP contribution in [0.2, 0.25) is 0 Å². The number of hydrogen-bond donors (Lipinski definition) is 0. The van der Waals surface area contributed by atoms with Gasteiger partial charge >= 0.3 is 0 Å². The number of hydrogen-bond acceptors (Lipinski definition) is 4. The van der Waals surface area contributed by atoms with Crippen molar-refractivity contribution in [2.75, 3.05) is 32.1 Å². The normalized spacial score (nSPS) is 23.6. The Morgan fingerprint density at radius 1 is 1.50 bits per heavy atom. The summed E-state index contributed by atoms with van der Waals surface area (Å²) in [6.07, 6.45) is 0.328. The molecular weight excluding hydrogens is 230 g/mol. The second kappa shape index (κ2) is 5.75. The largest absolute Gasteiger partial charge is 0.381 e. The van der Waals surface area contributed by atoms with Gasteiger partial charge in [-0.2, -0.15) is 0 Å². The summed E-state index contributed by atoms with van der Waals surface area (Å²) in [5, 5.41) is 0. The van der Waals surface area contributed by atoms with E-state index < -0.39 is 10.0 Å². The zero-order valence-corrected chi connectivity index (χ0v) is 10.6. The van der Waals surface area contributed by atoms with Crippen LogP contribution >= 0.6 is 0 Å². The maximum Gasteiger partial charge on any atom is 0.216 e. The Kier molecular flexibility index (Phi) is 4.89. The standard InChI is InChI=1S/C10H19NO4S/c1-3-15-6-7-16(13,14)11-5-4-10(12)9(2)8-11/h9H,3-8H2,1-2H3. The van der Waals surface area contributed by atoms with Gasteiger partial charge in [-0.15, -0.1) is 0 Å². The number of piperidine rings is 1. The Balaban J connectivity index is 2.53. The van der Waals surface area contributed by atoms with Gasteiger partial charge in [0, 0.05) is 32.0 Å². The number of nitrogens with zero attached hydrogens (tertiary/aromatic N) is 1. The van der Waals surface area contributed by atoms with E-state index in [1.54, 1.807) is 6.92 Å². The van der Waals surface area contributed by atoms with Crippen LogP contribution in [0.15, 0.2) is 0 Å². The summed E-state index contributed by atoms with van der Waals surface area (Å²) in [5.41, 5.74) is 0. The Morgan fingerprint density at radius 2 is 2.19 bits per heavy atom. The fourth-order valence-electron chi connectivity index (χ4n) is 1.67. The smallest absolute Gasteiger partial charge is 0.216 e.